The molecule has 0 saturated carbocycles. The molecule has 1 amide bonds. The summed E-state index contributed by atoms with van der Waals surface area (Å²) >= 11 is 0. The van der Waals surface area contributed by atoms with Crippen molar-refractivity contribution in [3.63, 3.8) is 0 Å². The highest BCUT2D eigenvalue weighted by Gasteiger charge is 2.21. The first-order valence-electron chi connectivity index (χ1n) is 13.9. The van der Waals surface area contributed by atoms with E-state index in [2.05, 4.69) is 35.5 Å². The van der Waals surface area contributed by atoms with Crippen LogP contribution in [0.15, 0.2) is 91.5 Å². The van der Waals surface area contributed by atoms with Crippen LogP contribution in [0.5, 0.6) is 0 Å². The number of benzene rings is 2. The molecule has 7 aromatic rings. The number of aromatic amines is 2. The number of hydrogen-bond donors (Lipinski definition) is 4. The Morgan fingerprint density at radius 3 is 2.61 bits per heavy atom. The number of nitrogens with zero attached hydrogens (tertiary/aromatic N) is 5. The average molecular weight is 634 g/mol. The second kappa shape index (κ2) is 11.3. The lowest BCUT2D eigenvalue weighted by atomic mass is 10.0. The van der Waals surface area contributed by atoms with Crippen molar-refractivity contribution in [2.45, 2.75) is 5.37 Å². The number of hydrogen-bond acceptors (Lipinski definition) is 9. The van der Waals surface area contributed by atoms with Gasteiger partial charge in [-0.3, -0.25) is 19.9 Å². The predicted molar refractivity (Wildman–Crippen MR) is 172 cm³/mol. The molecule has 12 nitrogen and oxygen atoms in total. The van der Waals surface area contributed by atoms with E-state index < -0.39 is 21.0 Å². The van der Waals surface area contributed by atoms with E-state index in [1.807, 2.05) is 12.1 Å². The second-order valence-electron chi connectivity index (χ2n) is 10.6. The van der Waals surface area contributed by atoms with Gasteiger partial charge in [-0.15, -0.1) is 0 Å². The molecule has 0 spiro atoms. The number of fused-ring (bicyclic) bond motifs is 2. The summed E-state index contributed by atoms with van der Waals surface area (Å²) in [5.74, 6) is -0.501. The first-order valence-corrected chi connectivity index (χ1v) is 15.9. The molecule has 0 bridgehead atoms. The van der Waals surface area contributed by atoms with E-state index in [1.54, 1.807) is 61.2 Å². The molecular weight excluding hydrogens is 609 g/mol. The summed E-state index contributed by atoms with van der Waals surface area (Å²) in [6, 6.07) is 18.1. The number of rotatable bonds is 7. The van der Waals surface area contributed by atoms with E-state index in [9.17, 15) is 17.6 Å². The Kier molecular flexibility index (Phi) is 7.06. The van der Waals surface area contributed by atoms with Crippen molar-refractivity contribution < 1.29 is 17.6 Å². The van der Waals surface area contributed by atoms with E-state index in [0.29, 0.717) is 67.2 Å². The van der Waals surface area contributed by atoms with Gasteiger partial charge in [0.05, 0.1) is 29.3 Å². The molecule has 0 aliphatic heterocycles. The number of pyridine rings is 3. The van der Waals surface area contributed by atoms with Gasteiger partial charge >= 0.3 is 0 Å². The summed E-state index contributed by atoms with van der Waals surface area (Å²) in [4.78, 5) is 33.8. The van der Waals surface area contributed by atoms with Crippen LogP contribution in [0.1, 0.15) is 21.3 Å². The molecule has 228 valence electrons. The van der Waals surface area contributed by atoms with Crippen molar-refractivity contribution in [1.82, 2.24) is 35.1 Å². The number of nitrogens with one attached hydrogen (secondary N) is 3. The third kappa shape index (κ3) is 5.46. The number of anilines is 1. The lowest BCUT2D eigenvalue weighted by Gasteiger charge is -2.12. The van der Waals surface area contributed by atoms with Gasteiger partial charge in [0.1, 0.15) is 22.4 Å². The molecule has 1 unspecified atom stereocenters. The fourth-order valence-corrected chi connectivity index (χ4v) is 5.76. The van der Waals surface area contributed by atoms with Crippen LogP contribution in [0.25, 0.3) is 56.0 Å². The molecule has 0 fully saturated rings. The predicted octanol–water partition coefficient (Wildman–Crippen LogP) is 5.02. The Morgan fingerprint density at radius 1 is 0.978 bits per heavy atom. The van der Waals surface area contributed by atoms with E-state index in [-0.39, 0.29) is 11.5 Å². The number of carbonyl (C=O) groups is 1. The Bertz CT molecular complexity index is 2390. The molecule has 7 rings (SSSR count). The Hall–Kier alpha value is -5.86. The number of amides is 1. The quantitative estimate of drug-likeness (QED) is 0.187. The fourth-order valence-electron chi connectivity index (χ4n) is 5.13. The maximum atomic E-state index is 14.7. The minimum atomic E-state index is -3.67. The lowest BCUT2D eigenvalue weighted by Crippen LogP contribution is -2.20. The Balaban J connectivity index is 1.25. The first kappa shape index (κ1) is 28.9. The summed E-state index contributed by atoms with van der Waals surface area (Å²) in [5.41, 5.74) is 11.2. The smallest absolute Gasteiger partial charge is 0.255 e. The van der Waals surface area contributed by atoms with Gasteiger partial charge in [0.2, 0.25) is 0 Å². The molecule has 0 radical (unpaired) electrons. The Labute approximate surface area is 260 Å². The maximum absolute atomic E-state index is 14.7. The standard InChI is InChI=1S/C32H24FN9O3S/c1-46(44,45)29(34)19-9-18(10-21(33)11-19)23-7-8-36-30-27(23)39-31(40-30)28-24-13-25(37-16-26(24)41-42-28)20-12-22(15-35-14-20)38-32(43)17-5-3-2-4-6-17/h2-16,29H,34H2,1H3,(H,38,43)(H,41,42)(H,36,39,40). The third-order valence-corrected chi connectivity index (χ3v) is 8.60. The highest BCUT2D eigenvalue weighted by Crippen LogP contribution is 2.33. The van der Waals surface area contributed by atoms with Crippen LogP contribution < -0.4 is 11.1 Å². The van der Waals surface area contributed by atoms with Gasteiger partial charge in [0.15, 0.2) is 21.3 Å². The monoisotopic (exact) mass is 633 g/mol. The van der Waals surface area contributed by atoms with Crippen molar-refractivity contribution in [2.24, 2.45) is 5.73 Å². The summed E-state index contributed by atoms with van der Waals surface area (Å²) in [5, 5.41) is 9.61. The maximum Gasteiger partial charge on any atom is 0.255 e. The van der Waals surface area contributed by atoms with Crippen molar-refractivity contribution in [3.05, 3.63) is 108 Å². The van der Waals surface area contributed by atoms with Gasteiger partial charge in [0, 0.05) is 40.7 Å². The van der Waals surface area contributed by atoms with Gasteiger partial charge in [-0.2, -0.15) is 5.10 Å². The molecule has 5 N–H and O–H groups in total. The van der Waals surface area contributed by atoms with E-state index >= 15 is 0 Å². The van der Waals surface area contributed by atoms with Gasteiger partial charge < -0.3 is 16.0 Å². The van der Waals surface area contributed by atoms with Crippen molar-refractivity contribution in [2.75, 3.05) is 11.6 Å². The molecule has 46 heavy (non-hydrogen) atoms. The average Bonchev–Trinajstić information content (AvgIpc) is 3.68. The molecule has 0 aliphatic carbocycles. The topological polar surface area (TPSA) is 185 Å². The van der Waals surface area contributed by atoms with Gasteiger partial charge in [-0.1, -0.05) is 18.2 Å². The zero-order valence-corrected chi connectivity index (χ0v) is 24.9. The minimum absolute atomic E-state index is 0.120. The van der Waals surface area contributed by atoms with E-state index in [1.165, 1.54) is 12.1 Å². The molecule has 2 aromatic carbocycles. The Morgan fingerprint density at radius 2 is 1.80 bits per heavy atom. The van der Waals surface area contributed by atoms with Crippen LogP contribution in [0.3, 0.4) is 0 Å². The number of H-pyrrole nitrogens is 2. The zero-order chi connectivity index (χ0) is 32.0. The molecule has 5 heterocycles. The molecule has 0 saturated heterocycles. The van der Waals surface area contributed by atoms with Gasteiger partial charge in [-0.25, -0.2) is 22.8 Å². The number of imidazole rings is 1. The van der Waals surface area contributed by atoms with Gasteiger partial charge in [0.25, 0.3) is 5.91 Å². The minimum Gasteiger partial charge on any atom is -0.321 e. The van der Waals surface area contributed by atoms with Crippen molar-refractivity contribution in [3.8, 4) is 33.9 Å². The van der Waals surface area contributed by atoms with Crippen molar-refractivity contribution >= 4 is 43.5 Å². The van der Waals surface area contributed by atoms with E-state index in [4.69, 9.17) is 10.7 Å². The van der Waals surface area contributed by atoms with Gasteiger partial charge in [-0.05, 0) is 59.7 Å². The lowest BCUT2D eigenvalue weighted by molar-refractivity contribution is 0.102. The number of sulfone groups is 1. The molecular formula is C32H24FN9O3S. The van der Waals surface area contributed by atoms with E-state index in [0.717, 1.165) is 12.3 Å². The number of carbonyl (C=O) groups excluding carboxylic acids is 1. The molecule has 1 atom stereocenters. The van der Waals surface area contributed by atoms with Crippen LogP contribution in [-0.4, -0.2) is 55.7 Å². The summed E-state index contributed by atoms with van der Waals surface area (Å²) in [7, 11) is -3.67. The number of halogens is 1. The van der Waals surface area contributed by atoms with Crippen LogP contribution in [0, 0.1) is 5.82 Å². The first-order chi connectivity index (χ1) is 22.1. The fraction of sp³-hybridized carbons (Fsp3) is 0.0625. The number of nitrogens with two attached hydrogens (primary N) is 1. The molecule has 14 heteroatoms. The highest BCUT2D eigenvalue weighted by atomic mass is 32.2. The van der Waals surface area contributed by atoms with Crippen molar-refractivity contribution in [1.29, 1.82) is 0 Å². The largest absolute Gasteiger partial charge is 0.321 e. The van der Waals surface area contributed by atoms with Crippen LogP contribution in [-0.2, 0) is 9.84 Å². The summed E-state index contributed by atoms with van der Waals surface area (Å²) in [6.45, 7) is 0. The highest BCUT2D eigenvalue weighted by molar-refractivity contribution is 7.90. The van der Waals surface area contributed by atoms with Crippen LogP contribution in [0.4, 0.5) is 10.1 Å². The normalized spacial score (nSPS) is 12.4. The zero-order valence-electron chi connectivity index (χ0n) is 24.1. The summed E-state index contributed by atoms with van der Waals surface area (Å²) < 4.78 is 38.8. The third-order valence-electron chi connectivity index (χ3n) is 7.40. The van der Waals surface area contributed by atoms with Crippen LogP contribution >= 0.6 is 0 Å². The molecule has 0 aliphatic rings. The number of aromatic nitrogens is 7. The summed E-state index contributed by atoms with van der Waals surface area (Å²) in [6.07, 6.45) is 7.39. The second-order valence-corrected chi connectivity index (χ2v) is 12.8. The molecule has 5 aromatic heterocycles. The SMILES string of the molecule is CS(=O)(=O)C(N)c1cc(F)cc(-c2ccnc3[nH]c(-c4n[nH]c5cnc(-c6cncc(NC(=O)c7ccccc7)c6)cc45)nc23)c1. The van der Waals surface area contributed by atoms with Crippen LogP contribution in [0.2, 0.25) is 0 Å².